The number of piperidine rings is 2. The Labute approximate surface area is 327 Å². The number of anilines is 1. The molecule has 5 amide bonds. The lowest BCUT2D eigenvalue weighted by molar-refractivity contribution is -0.139. The van der Waals surface area contributed by atoms with Gasteiger partial charge in [0.1, 0.15) is 11.9 Å². The van der Waals surface area contributed by atoms with Crippen LogP contribution in [0.15, 0.2) is 65.5 Å². The van der Waals surface area contributed by atoms with Crippen molar-refractivity contribution in [3.8, 4) is 0 Å². The molecule has 4 aromatic rings. The first-order valence-electron chi connectivity index (χ1n) is 19.7. The minimum Gasteiger partial charge on any atom is -0.368 e. The first kappa shape index (κ1) is 36.7. The molecule has 0 saturated carbocycles. The van der Waals surface area contributed by atoms with Crippen LogP contribution in [0.2, 0.25) is 0 Å². The average Bonchev–Trinajstić information content (AvgIpc) is 3.53. The number of aromatic amines is 1. The molecule has 0 spiro atoms. The molecule has 9 rings (SSSR count). The Morgan fingerprint density at radius 2 is 1.56 bits per heavy atom. The van der Waals surface area contributed by atoms with Crippen LogP contribution in [0.1, 0.15) is 63.2 Å². The second kappa shape index (κ2) is 14.8. The topological polar surface area (TPSA) is 159 Å². The molecule has 0 bridgehead atoms. The maximum Gasteiger partial charge on any atom is 0.272 e. The number of fused-ring (bicyclic) bond motifs is 2. The number of H-pyrrole nitrogens is 1. The summed E-state index contributed by atoms with van der Waals surface area (Å²) in [6, 6.07) is 17.2. The number of rotatable bonds is 7. The molecule has 5 aliphatic rings. The lowest BCUT2D eigenvalue weighted by atomic mass is 9.92. The maximum absolute atomic E-state index is 15.0. The highest BCUT2D eigenvalue weighted by Crippen LogP contribution is 2.34. The summed E-state index contributed by atoms with van der Waals surface area (Å²) < 4.78 is 15.0. The van der Waals surface area contributed by atoms with Gasteiger partial charge in [-0.25, -0.2) is 9.49 Å². The van der Waals surface area contributed by atoms with Crippen LogP contribution >= 0.6 is 0 Å². The molecule has 2 N–H and O–H groups in total. The number of carbonyl (C=O) groups excluding carboxylic acids is 5. The standard InChI is InChI=1S/C42H43FN8O6/c43-34-8-5-25(20-35-31-3-1-2-4-32(31)38(53)46-45-35)19-33(34)41(56)49-17-15-48(16-18-49)40(55)26-11-13-47(14-12-26)29-23-50(24-29)28-6-7-30-27(21-28)22-51(42(30)57)36-9-10-37(52)44-39(36)54/h1-8,19,21,26,29,36H,9-18,20,22-24H2,(H,46,53)(H,44,52,54). The van der Waals surface area contributed by atoms with E-state index in [2.05, 4.69) is 25.3 Å². The van der Waals surface area contributed by atoms with Gasteiger partial charge < -0.3 is 19.6 Å². The van der Waals surface area contributed by atoms with E-state index in [0.29, 0.717) is 79.2 Å². The quantitative estimate of drug-likeness (QED) is 0.269. The van der Waals surface area contributed by atoms with E-state index in [1.807, 2.05) is 35.2 Å². The van der Waals surface area contributed by atoms with Gasteiger partial charge in [0.2, 0.25) is 17.7 Å². The van der Waals surface area contributed by atoms with Gasteiger partial charge >= 0.3 is 0 Å². The Morgan fingerprint density at radius 3 is 2.32 bits per heavy atom. The van der Waals surface area contributed by atoms with Crippen molar-refractivity contribution in [1.82, 2.24) is 35.1 Å². The SMILES string of the molecule is O=C1CCC(N2Cc3cc(N4CC(N5CCC(C(=O)N6CCN(C(=O)c7cc(Cc8n[nH]c(=O)c9ccccc89)ccc7F)CC6)CC5)C4)ccc3C2=O)C(=O)N1. The monoisotopic (exact) mass is 774 g/mol. The summed E-state index contributed by atoms with van der Waals surface area (Å²) in [5.41, 5.74) is 3.55. The van der Waals surface area contributed by atoms with E-state index in [9.17, 15) is 28.8 Å². The van der Waals surface area contributed by atoms with E-state index in [0.717, 1.165) is 50.3 Å². The van der Waals surface area contributed by atoms with Gasteiger partial charge in [0, 0.05) is 87.3 Å². The molecule has 6 heterocycles. The second-order valence-corrected chi connectivity index (χ2v) is 15.8. The van der Waals surface area contributed by atoms with Gasteiger partial charge in [-0.1, -0.05) is 24.3 Å². The van der Waals surface area contributed by atoms with Crippen LogP contribution in [0.4, 0.5) is 10.1 Å². The molecule has 15 heteroatoms. The fourth-order valence-electron chi connectivity index (χ4n) is 9.07. The van der Waals surface area contributed by atoms with Crippen molar-refractivity contribution < 1.29 is 28.4 Å². The molecular weight excluding hydrogens is 732 g/mol. The summed E-state index contributed by atoms with van der Waals surface area (Å²) in [5.74, 6) is -1.87. The number of carbonyl (C=O) groups is 5. The lowest BCUT2D eigenvalue weighted by Gasteiger charge is -2.49. The molecule has 3 aromatic carbocycles. The van der Waals surface area contributed by atoms with Crippen LogP contribution in [0.25, 0.3) is 10.8 Å². The van der Waals surface area contributed by atoms with Gasteiger partial charge in [-0.2, -0.15) is 5.10 Å². The van der Waals surface area contributed by atoms with Crippen molar-refractivity contribution in [3.05, 3.63) is 105 Å². The summed E-state index contributed by atoms with van der Waals surface area (Å²) in [5, 5.41) is 10.3. The third-order valence-electron chi connectivity index (χ3n) is 12.4. The van der Waals surface area contributed by atoms with E-state index < -0.39 is 23.7 Å². The molecule has 4 saturated heterocycles. The van der Waals surface area contributed by atoms with Crippen LogP contribution in [-0.2, 0) is 27.3 Å². The number of aromatic nitrogens is 2. The number of piperazine rings is 1. The minimum absolute atomic E-state index is 0.0226. The van der Waals surface area contributed by atoms with E-state index in [4.69, 9.17) is 0 Å². The third kappa shape index (κ3) is 6.94. The summed E-state index contributed by atoms with van der Waals surface area (Å²) in [6.07, 6.45) is 2.40. The maximum atomic E-state index is 15.0. The van der Waals surface area contributed by atoms with Crippen LogP contribution in [0, 0.1) is 11.7 Å². The zero-order chi connectivity index (χ0) is 39.4. The number of halogens is 1. The normalized spacial score (nSPS) is 20.9. The Hall–Kier alpha value is -5.96. The minimum atomic E-state index is -0.634. The largest absolute Gasteiger partial charge is 0.368 e. The molecule has 57 heavy (non-hydrogen) atoms. The zero-order valence-corrected chi connectivity index (χ0v) is 31.4. The van der Waals surface area contributed by atoms with E-state index >= 15 is 4.39 Å². The summed E-state index contributed by atoms with van der Waals surface area (Å²) in [4.78, 5) is 86.2. The van der Waals surface area contributed by atoms with E-state index in [1.165, 1.54) is 6.07 Å². The van der Waals surface area contributed by atoms with Gasteiger partial charge in [-0.05, 0) is 79.9 Å². The van der Waals surface area contributed by atoms with Crippen LogP contribution < -0.4 is 15.8 Å². The van der Waals surface area contributed by atoms with Crippen molar-refractivity contribution in [2.24, 2.45) is 5.92 Å². The van der Waals surface area contributed by atoms with Crippen LogP contribution in [0.5, 0.6) is 0 Å². The second-order valence-electron chi connectivity index (χ2n) is 15.8. The number of amides is 5. The number of hydrogen-bond acceptors (Lipinski definition) is 9. The van der Waals surface area contributed by atoms with Gasteiger partial charge in [0.25, 0.3) is 17.4 Å². The summed E-state index contributed by atoms with van der Waals surface area (Å²) >= 11 is 0. The number of imide groups is 1. The molecule has 294 valence electrons. The molecule has 0 radical (unpaired) electrons. The Bertz CT molecular complexity index is 2360. The van der Waals surface area contributed by atoms with Crippen molar-refractivity contribution in [3.63, 3.8) is 0 Å². The molecule has 0 aliphatic carbocycles. The fourth-order valence-corrected chi connectivity index (χ4v) is 9.07. The van der Waals surface area contributed by atoms with Crippen molar-refractivity contribution in [1.29, 1.82) is 0 Å². The molecule has 4 fully saturated rings. The Balaban J connectivity index is 0.741. The highest BCUT2D eigenvalue weighted by atomic mass is 19.1. The molecule has 1 unspecified atom stereocenters. The number of nitrogens with zero attached hydrogens (tertiary/aromatic N) is 6. The number of likely N-dealkylation sites (tertiary alicyclic amines) is 1. The molecule has 5 aliphatic heterocycles. The van der Waals surface area contributed by atoms with Gasteiger partial charge in [0.15, 0.2) is 0 Å². The number of hydrogen-bond donors (Lipinski definition) is 2. The van der Waals surface area contributed by atoms with E-state index in [1.54, 1.807) is 34.1 Å². The van der Waals surface area contributed by atoms with Gasteiger partial charge in [0.05, 0.1) is 16.6 Å². The van der Waals surface area contributed by atoms with Gasteiger partial charge in [-0.15, -0.1) is 0 Å². The highest BCUT2D eigenvalue weighted by Gasteiger charge is 2.41. The van der Waals surface area contributed by atoms with Gasteiger partial charge in [-0.3, -0.25) is 39.0 Å². The summed E-state index contributed by atoms with van der Waals surface area (Å²) in [7, 11) is 0. The van der Waals surface area contributed by atoms with Crippen LogP contribution in [0.3, 0.4) is 0 Å². The number of benzene rings is 3. The van der Waals surface area contributed by atoms with Crippen molar-refractivity contribution in [2.45, 2.75) is 50.7 Å². The smallest absolute Gasteiger partial charge is 0.272 e. The first-order valence-corrected chi connectivity index (χ1v) is 19.7. The predicted molar refractivity (Wildman–Crippen MR) is 207 cm³/mol. The van der Waals surface area contributed by atoms with Crippen molar-refractivity contribution in [2.75, 3.05) is 57.3 Å². The van der Waals surface area contributed by atoms with E-state index in [-0.39, 0.29) is 41.2 Å². The number of nitrogens with one attached hydrogen (secondary N) is 2. The predicted octanol–water partition coefficient (Wildman–Crippen LogP) is 2.30. The van der Waals surface area contributed by atoms with Crippen LogP contribution in [-0.4, -0.2) is 124 Å². The summed E-state index contributed by atoms with van der Waals surface area (Å²) in [6.45, 7) is 5.14. The fraction of sp³-hybridized carbons (Fsp3) is 0.405. The highest BCUT2D eigenvalue weighted by molar-refractivity contribution is 6.05. The third-order valence-corrected chi connectivity index (χ3v) is 12.4. The molecule has 14 nitrogen and oxygen atoms in total. The first-order chi connectivity index (χ1) is 27.6. The zero-order valence-electron chi connectivity index (χ0n) is 31.4. The molecule has 1 aromatic heterocycles. The molecular formula is C42H43FN8O6. The molecule has 1 atom stereocenters. The average molecular weight is 775 g/mol. The Morgan fingerprint density at radius 1 is 0.825 bits per heavy atom. The van der Waals surface area contributed by atoms with Crippen molar-refractivity contribution >= 4 is 46.0 Å². The lowest BCUT2D eigenvalue weighted by Crippen LogP contribution is -2.61. The Kier molecular flexibility index (Phi) is 9.55.